The van der Waals surface area contributed by atoms with E-state index < -0.39 is 17.9 Å². The Morgan fingerprint density at radius 3 is 2.48 bits per heavy atom. The summed E-state index contributed by atoms with van der Waals surface area (Å²) < 4.78 is 29.3. The lowest BCUT2D eigenvalue weighted by atomic mass is 10.0. The Hall–Kier alpha value is -1.56. The molecule has 2 heterocycles. The Morgan fingerprint density at radius 1 is 1.21 bits per heavy atom. The first kappa shape index (κ1) is 23.7. The predicted molar refractivity (Wildman–Crippen MR) is 111 cm³/mol. The maximum atomic E-state index is 14.6. The lowest BCUT2D eigenvalue weighted by Crippen LogP contribution is -2.50. The highest BCUT2D eigenvalue weighted by atomic mass is 19.3. The molecule has 2 rings (SSSR count). The summed E-state index contributed by atoms with van der Waals surface area (Å²) in [5.41, 5.74) is 0.765. The standard InChI is InChI=1S/C23H36F2N2O2/c1-18(2)11-7-5-3-4-6-8-14-21(28)23(24,25)22(29)27-16-10-13-20(27)19-12-9-15-26-17-19/h9,12,15,17-18,20-21,28H,3-8,10-11,13-14,16H2,1-2H3. The van der Waals surface area contributed by atoms with Crippen LogP contribution in [0.2, 0.25) is 0 Å². The van der Waals surface area contributed by atoms with Crippen molar-refractivity contribution in [3.8, 4) is 0 Å². The Labute approximate surface area is 173 Å². The average Bonchev–Trinajstić information content (AvgIpc) is 3.19. The number of hydrogen-bond acceptors (Lipinski definition) is 3. The first-order valence-electron chi connectivity index (χ1n) is 11.1. The monoisotopic (exact) mass is 410 g/mol. The molecule has 1 aliphatic heterocycles. The number of likely N-dealkylation sites (tertiary alicyclic amines) is 1. The van der Waals surface area contributed by atoms with Gasteiger partial charge in [-0.3, -0.25) is 9.78 Å². The quantitative estimate of drug-likeness (QED) is 0.462. The molecule has 1 saturated heterocycles. The van der Waals surface area contributed by atoms with Crippen LogP contribution in [-0.2, 0) is 4.79 Å². The fraction of sp³-hybridized carbons (Fsp3) is 0.739. The van der Waals surface area contributed by atoms with E-state index in [-0.39, 0.29) is 19.0 Å². The lowest BCUT2D eigenvalue weighted by Gasteiger charge is -2.30. The van der Waals surface area contributed by atoms with Crippen LogP contribution in [0.5, 0.6) is 0 Å². The Kier molecular flexibility index (Phi) is 9.47. The van der Waals surface area contributed by atoms with Gasteiger partial charge in [-0.05, 0) is 36.8 Å². The largest absolute Gasteiger partial charge is 0.386 e. The average molecular weight is 411 g/mol. The second-order valence-electron chi connectivity index (χ2n) is 8.67. The molecule has 29 heavy (non-hydrogen) atoms. The molecule has 1 aliphatic rings. The number of nitrogens with zero attached hydrogens (tertiary/aromatic N) is 2. The van der Waals surface area contributed by atoms with E-state index in [1.807, 2.05) is 0 Å². The fourth-order valence-electron chi connectivity index (χ4n) is 4.04. The number of unbranched alkanes of at least 4 members (excludes halogenated alkanes) is 5. The van der Waals surface area contributed by atoms with E-state index in [1.54, 1.807) is 24.5 Å². The third kappa shape index (κ3) is 7.02. The van der Waals surface area contributed by atoms with Crippen molar-refractivity contribution in [3.05, 3.63) is 30.1 Å². The van der Waals surface area contributed by atoms with E-state index in [2.05, 4.69) is 18.8 Å². The molecule has 0 bridgehead atoms. The van der Waals surface area contributed by atoms with Crippen LogP contribution in [0.1, 0.15) is 89.7 Å². The van der Waals surface area contributed by atoms with Gasteiger partial charge >= 0.3 is 5.92 Å². The van der Waals surface area contributed by atoms with Crippen molar-refractivity contribution >= 4 is 5.91 Å². The van der Waals surface area contributed by atoms with Gasteiger partial charge in [0.25, 0.3) is 5.91 Å². The van der Waals surface area contributed by atoms with Crippen LogP contribution in [0.15, 0.2) is 24.5 Å². The highest BCUT2D eigenvalue weighted by molar-refractivity contribution is 5.84. The summed E-state index contributed by atoms with van der Waals surface area (Å²) in [5, 5.41) is 10.1. The summed E-state index contributed by atoms with van der Waals surface area (Å²) in [7, 11) is 0. The molecule has 2 atom stereocenters. The number of amides is 1. The number of carbonyl (C=O) groups is 1. The maximum absolute atomic E-state index is 14.6. The number of aliphatic hydroxyl groups is 1. The molecule has 0 spiro atoms. The molecule has 1 fully saturated rings. The Morgan fingerprint density at radius 2 is 1.86 bits per heavy atom. The molecular formula is C23H36F2N2O2. The number of alkyl halides is 2. The zero-order chi connectivity index (χ0) is 21.3. The molecule has 1 N–H and O–H groups in total. The van der Waals surface area contributed by atoms with Crippen molar-refractivity contribution in [1.29, 1.82) is 0 Å². The van der Waals surface area contributed by atoms with Crippen molar-refractivity contribution in [1.82, 2.24) is 9.88 Å². The number of hydrogen-bond donors (Lipinski definition) is 1. The minimum absolute atomic E-state index is 0.0455. The molecule has 0 saturated carbocycles. The van der Waals surface area contributed by atoms with Gasteiger partial charge in [0.2, 0.25) is 0 Å². The van der Waals surface area contributed by atoms with Crippen LogP contribution >= 0.6 is 0 Å². The molecule has 4 nitrogen and oxygen atoms in total. The van der Waals surface area contributed by atoms with Crippen LogP contribution in [0, 0.1) is 5.92 Å². The molecule has 2 unspecified atom stereocenters. The molecular weight excluding hydrogens is 374 g/mol. The third-order valence-electron chi connectivity index (χ3n) is 5.80. The third-order valence-corrected chi connectivity index (χ3v) is 5.80. The number of rotatable bonds is 12. The number of pyridine rings is 1. The first-order chi connectivity index (χ1) is 13.8. The topological polar surface area (TPSA) is 53.4 Å². The van der Waals surface area contributed by atoms with E-state index in [0.717, 1.165) is 30.7 Å². The molecule has 0 aliphatic carbocycles. The van der Waals surface area contributed by atoms with Gasteiger partial charge in [-0.25, -0.2) is 0 Å². The van der Waals surface area contributed by atoms with Crippen molar-refractivity contribution < 1.29 is 18.7 Å². The van der Waals surface area contributed by atoms with E-state index >= 15 is 0 Å². The maximum Gasteiger partial charge on any atom is 0.349 e. The Balaban J connectivity index is 1.77. The SMILES string of the molecule is CC(C)CCCCCCCCC(O)C(F)(F)C(=O)N1CCCC1c1cccnc1. The molecule has 6 heteroatoms. The van der Waals surface area contributed by atoms with Gasteiger partial charge in [-0.2, -0.15) is 8.78 Å². The molecule has 164 valence electrons. The second-order valence-corrected chi connectivity index (χ2v) is 8.67. The van der Waals surface area contributed by atoms with Gasteiger partial charge in [0.05, 0.1) is 6.04 Å². The van der Waals surface area contributed by atoms with Crippen LogP contribution in [0.3, 0.4) is 0 Å². The predicted octanol–water partition coefficient (Wildman–Crippen LogP) is 5.52. The fourth-order valence-corrected chi connectivity index (χ4v) is 4.04. The van der Waals surface area contributed by atoms with Gasteiger partial charge < -0.3 is 10.0 Å². The van der Waals surface area contributed by atoms with Gasteiger partial charge in [0.15, 0.2) is 0 Å². The summed E-state index contributed by atoms with van der Waals surface area (Å²) in [5.74, 6) is -4.29. The second kappa shape index (κ2) is 11.6. The molecule has 0 aromatic carbocycles. The van der Waals surface area contributed by atoms with Gasteiger partial charge in [0, 0.05) is 18.9 Å². The zero-order valence-corrected chi connectivity index (χ0v) is 17.8. The van der Waals surface area contributed by atoms with Crippen LogP contribution < -0.4 is 0 Å². The van der Waals surface area contributed by atoms with Gasteiger partial charge in [-0.1, -0.05) is 64.9 Å². The van der Waals surface area contributed by atoms with Crippen LogP contribution in [0.4, 0.5) is 8.78 Å². The lowest BCUT2D eigenvalue weighted by molar-refractivity contribution is -0.176. The summed E-state index contributed by atoms with van der Waals surface area (Å²) in [6.07, 6.45) is 9.59. The Bertz CT molecular complexity index is 610. The van der Waals surface area contributed by atoms with Crippen molar-refractivity contribution in [2.24, 2.45) is 5.92 Å². The number of carbonyl (C=O) groups excluding carboxylic acids is 1. The zero-order valence-electron chi connectivity index (χ0n) is 17.8. The van der Waals surface area contributed by atoms with E-state index in [9.17, 15) is 18.7 Å². The molecule has 1 amide bonds. The minimum atomic E-state index is -3.75. The van der Waals surface area contributed by atoms with E-state index in [0.29, 0.717) is 19.3 Å². The number of halogens is 2. The van der Waals surface area contributed by atoms with E-state index in [1.165, 1.54) is 24.2 Å². The van der Waals surface area contributed by atoms with Crippen LogP contribution in [0.25, 0.3) is 0 Å². The normalized spacial score (nSPS) is 18.4. The van der Waals surface area contributed by atoms with Gasteiger partial charge in [-0.15, -0.1) is 0 Å². The smallest absolute Gasteiger partial charge is 0.349 e. The summed E-state index contributed by atoms with van der Waals surface area (Å²) in [6, 6.07) is 3.16. The molecule has 1 aromatic rings. The minimum Gasteiger partial charge on any atom is -0.386 e. The molecule has 0 radical (unpaired) electrons. The first-order valence-corrected chi connectivity index (χ1v) is 11.1. The number of aliphatic hydroxyl groups excluding tert-OH is 1. The van der Waals surface area contributed by atoms with Crippen molar-refractivity contribution in [2.45, 2.75) is 96.1 Å². The number of aromatic nitrogens is 1. The van der Waals surface area contributed by atoms with E-state index in [4.69, 9.17) is 0 Å². The summed E-state index contributed by atoms with van der Waals surface area (Å²) in [4.78, 5) is 17.8. The van der Waals surface area contributed by atoms with Crippen LogP contribution in [-0.4, -0.2) is 39.5 Å². The molecule has 1 aromatic heterocycles. The highest BCUT2D eigenvalue weighted by Gasteiger charge is 2.50. The van der Waals surface area contributed by atoms with Crippen molar-refractivity contribution in [3.63, 3.8) is 0 Å². The van der Waals surface area contributed by atoms with Gasteiger partial charge in [0.1, 0.15) is 6.10 Å². The summed E-state index contributed by atoms with van der Waals surface area (Å²) >= 11 is 0. The highest BCUT2D eigenvalue weighted by Crippen LogP contribution is 2.36. The van der Waals surface area contributed by atoms with Crippen molar-refractivity contribution in [2.75, 3.05) is 6.54 Å². The summed E-state index contributed by atoms with van der Waals surface area (Å²) in [6.45, 7) is 4.71.